The molecule has 0 saturated carbocycles. The fourth-order valence-corrected chi connectivity index (χ4v) is 3.63. The fourth-order valence-electron chi connectivity index (χ4n) is 3.63. The Labute approximate surface area is 143 Å². The summed E-state index contributed by atoms with van der Waals surface area (Å²) >= 11 is 0. The zero-order valence-electron chi connectivity index (χ0n) is 14.3. The molecule has 2 amide bonds. The van der Waals surface area contributed by atoms with E-state index in [9.17, 15) is 9.59 Å². The molecule has 2 aliphatic heterocycles. The summed E-state index contributed by atoms with van der Waals surface area (Å²) in [7, 11) is 0. The van der Waals surface area contributed by atoms with Crippen molar-refractivity contribution in [2.24, 2.45) is 0 Å². The van der Waals surface area contributed by atoms with Gasteiger partial charge in [0.05, 0.1) is 6.10 Å². The third kappa shape index (κ3) is 3.61. The van der Waals surface area contributed by atoms with E-state index >= 15 is 0 Å². The van der Waals surface area contributed by atoms with Crippen molar-refractivity contribution in [1.82, 2.24) is 9.80 Å². The lowest BCUT2D eigenvalue weighted by molar-refractivity contribution is -0.136. The van der Waals surface area contributed by atoms with Crippen molar-refractivity contribution in [2.75, 3.05) is 26.2 Å². The lowest BCUT2D eigenvalue weighted by atomic mass is 10.1. The van der Waals surface area contributed by atoms with E-state index < -0.39 is 0 Å². The summed E-state index contributed by atoms with van der Waals surface area (Å²) in [4.78, 5) is 29.3. The van der Waals surface area contributed by atoms with Gasteiger partial charge in [0.15, 0.2) is 0 Å². The van der Waals surface area contributed by atoms with Crippen molar-refractivity contribution in [2.45, 2.75) is 44.8 Å². The number of hydrogen-bond acceptors (Lipinski definition) is 3. The van der Waals surface area contributed by atoms with Crippen molar-refractivity contribution in [3.8, 4) is 0 Å². The largest absolute Gasteiger partial charge is 0.376 e. The number of amides is 2. The van der Waals surface area contributed by atoms with E-state index in [2.05, 4.69) is 0 Å². The van der Waals surface area contributed by atoms with Crippen molar-refractivity contribution in [3.05, 3.63) is 35.9 Å². The van der Waals surface area contributed by atoms with Gasteiger partial charge in [0.25, 0.3) is 5.91 Å². The van der Waals surface area contributed by atoms with Gasteiger partial charge in [0, 0.05) is 31.8 Å². The van der Waals surface area contributed by atoms with Gasteiger partial charge in [-0.2, -0.15) is 0 Å². The normalized spacial score (nSPS) is 23.5. The fraction of sp³-hybridized carbons (Fsp3) is 0.579. The molecule has 2 heterocycles. The van der Waals surface area contributed by atoms with Gasteiger partial charge >= 0.3 is 0 Å². The Morgan fingerprint density at radius 3 is 2.67 bits per heavy atom. The van der Waals surface area contributed by atoms with Crippen LogP contribution in [0.5, 0.6) is 0 Å². The molecule has 0 N–H and O–H groups in total. The number of likely N-dealkylation sites (tertiary alicyclic amines) is 1. The molecule has 2 aliphatic rings. The summed E-state index contributed by atoms with van der Waals surface area (Å²) < 4.78 is 5.67. The molecule has 1 aromatic carbocycles. The van der Waals surface area contributed by atoms with Crippen LogP contribution in [-0.4, -0.2) is 60.0 Å². The van der Waals surface area contributed by atoms with E-state index in [4.69, 9.17) is 4.74 Å². The summed E-state index contributed by atoms with van der Waals surface area (Å²) in [6.45, 7) is 4.73. The van der Waals surface area contributed by atoms with E-state index in [-0.39, 0.29) is 24.0 Å². The number of benzene rings is 1. The highest BCUT2D eigenvalue weighted by atomic mass is 16.5. The average Bonchev–Trinajstić information content (AvgIpc) is 3.30. The molecule has 2 fully saturated rings. The number of carbonyl (C=O) groups is 2. The van der Waals surface area contributed by atoms with E-state index in [0.717, 1.165) is 32.3 Å². The summed E-state index contributed by atoms with van der Waals surface area (Å²) in [6.07, 6.45) is 3.86. The number of hydrogen-bond donors (Lipinski definition) is 0. The Kier molecular flexibility index (Phi) is 5.51. The third-order valence-electron chi connectivity index (χ3n) is 4.96. The number of nitrogens with zero attached hydrogens (tertiary/aromatic N) is 2. The highest BCUT2D eigenvalue weighted by Crippen LogP contribution is 2.23. The van der Waals surface area contributed by atoms with Gasteiger partial charge in [-0.25, -0.2) is 0 Å². The van der Waals surface area contributed by atoms with Gasteiger partial charge in [-0.3, -0.25) is 9.59 Å². The monoisotopic (exact) mass is 330 g/mol. The molecule has 24 heavy (non-hydrogen) atoms. The topological polar surface area (TPSA) is 49.9 Å². The average molecular weight is 330 g/mol. The van der Waals surface area contributed by atoms with Gasteiger partial charge in [-0.1, -0.05) is 18.2 Å². The smallest absolute Gasteiger partial charge is 0.254 e. The van der Waals surface area contributed by atoms with Crippen LogP contribution in [-0.2, 0) is 9.53 Å². The molecule has 0 bridgehead atoms. The maximum absolute atomic E-state index is 13.0. The maximum Gasteiger partial charge on any atom is 0.254 e. The first-order chi connectivity index (χ1) is 11.7. The van der Waals surface area contributed by atoms with Crippen molar-refractivity contribution in [3.63, 3.8) is 0 Å². The number of rotatable bonds is 5. The van der Waals surface area contributed by atoms with E-state index in [1.807, 2.05) is 42.2 Å². The number of carbonyl (C=O) groups excluding carboxylic acids is 2. The van der Waals surface area contributed by atoms with Crippen LogP contribution in [0.4, 0.5) is 0 Å². The first-order valence-corrected chi connectivity index (χ1v) is 8.97. The molecule has 1 aromatic rings. The first kappa shape index (κ1) is 17.0. The Hall–Kier alpha value is -1.88. The number of ether oxygens (including phenoxy) is 1. The minimum Gasteiger partial charge on any atom is -0.376 e. The van der Waals surface area contributed by atoms with Crippen LogP contribution in [0.1, 0.15) is 43.0 Å². The summed E-state index contributed by atoms with van der Waals surface area (Å²) in [5.74, 6) is 0.0226. The minimum atomic E-state index is -0.334. The molecule has 0 spiro atoms. The van der Waals surface area contributed by atoms with Crippen LogP contribution in [0.25, 0.3) is 0 Å². The highest BCUT2D eigenvalue weighted by molar-refractivity contribution is 5.97. The second-order valence-electron chi connectivity index (χ2n) is 6.53. The van der Waals surface area contributed by atoms with E-state index in [0.29, 0.717) is 25.2 Å². The molecule has 3 rings (SSSR count). The second-order valence-corrected chi connectivity index (χ2v) is 6.53. The van der Waals surface area contributed by atoms with Crippen LogP contribution >= 0.6 is 0 Å². The predicted octanol–water partition coefficient (Wildman–Crippen LogP) is 2.32. The zero-order valence-corrected chi connectivity index (χ0v) is 14.3. The molecule has 0 aliphatic carbocycles. The molecule has 2 atom stereocenters. The molecule has 130 valence electrons. The van der Waals surface area contributed by atoms with Gasteiger partial charge in [0.1, 0.15) is 6.04 Å². The predicted molar refractivity (Wildman–Crippen MR) is 91.7 cm³/mol. The van der Waals surface area contributed by atoms with Crippen LogP contribution in [0.15, 0.2) is 30.3 Å². The molecule has 5 nitrogen and oxygen atoms in total. The lowest BCUT2D eigenvalue weighted by Crippen LogP contribution is -2.49. The minimum absolute atomic E-state index is 0.0420. The SMILES string of the molecule is CCN(CC1CCCO1)C(=O)C1CCCN1C(=O)c1ccccc1. The van der Waals surface area contributed by atoms with E-state index in [1.54, 1.807) is 4.90 Å². The maximum atomic E-state index is 13.0. The third-order valence-corrected chi connectivity index (χ3v) is 4.96. The van der Waals surface area contributed by atoms with Crippen LogP contribution in [0, 0.1) is 0 Å². The van der Waals surface area contributed by atoms with Crippen molar-refractivity contribution in [1.29, 1.82) is 0 Å². The van der Waals surface area contributed by atoms with Crippen LogP contribution in [0.2, 0.25) is 0 Å². The summed E-state index contributed by atoms with van der Waals surface area (Å²) in [5.41, 5.74) is 0.652. The highest BCUT2D eigenvalue weighted by Gasteiger charge is 2.37. The van der Waals surface area contributed by atoms with Gasteiger partial charge in [-0.05, 0) is 44.7 Å². The van der Waals surface area contributed by atoms with Crippen LogP contribution < -0.4 is 0 Å². The number of likely N-dealkylation sites (N-methyl/N-ethyl adjacent to an activating group) is 1. The molecule has 2 unspecified atom stereocenters. The van der Waals surface area contributed by atoms with Gasteiger partial charge < -0.3 is 14.5 Å². The zero-order chi connectivity index (χ0) is 16.9. The molecule has 0 radical (unpaired) electrons. The first-order valence-electron chi connectivity index (χ1n) is 8.97. The Bertz CT molecular complexity index is 569. The molecular formula is C19H26N2O3. The van der Waals surface area contributed by atoms with Crippen LogP contribution in [0.3, 0.4) is 0 Å². The Balaban J connectivity index is 1.69. The second kappa shape index (κ2) is 7.79. The van der Waals surface area contributed by atoms with Gasteiger partial charge in [0.2, 0.25) is 5.91 Å². The Morgan fingerprint density at radius 1 is 1.21 bits per heavy atom. The lowest BCUT2D eigenvalue weighted by Gasteiger charge is -2.31. The standard InChI is InChI=1S/C19H26N2O3/c1-2-20(14-16-10-7-13-24-16)19(23)17-11-6-12-21(17)18(22)15-8-4-3-5-9-15/h3-5,8-9,16-17H,2,6-7,10-14H2,1H3. The summed E-state index contributed by atoms with van der Waals surface area (Å²) in [6, 6.07) is 8.90. The Morgan fingerprint density at radius 2 is 2.00 bits per heavy atom. The van der Waals surface area contributed by atoms with Gasteiger partial charge in [-0.15, -0.1) is 0 Å². The molecule has 5 heteroatoms. The van der Waals surface area contributed by atoms with Crippen molar-refractivity contribution >= 4 is 11.8 Å². The molecular weight excluding hydrogens is 304 g/mol. The van der Waals surface area contributed by atoms with E-state index in [1.165, 1.54) is 0 Å². The quantitative estimate of drug-likeness (QED) is 0.832. The molecule has 2 saturated heterocycles. The van der Waals surface area contributed by atoms with Crippen molar-refractivity contribution < 1.29 is 14.3 Å². The molecule has 0 aromatic heterocycles. The summed E-state index contributed by atoms with van der Waals surface area (Å²) in [5, 5.41) is 0.